The fourth-order valence-corrected chi connectivity index (χ4v) is 1.16. The molecule has 1 saturated carbocycles. The molecule has 3 heteroatoms. The molecular formula is C7H11FO2. The molecule has 0 aliphatic heterocycles. The van der Waals surface area contributed by atoms with Crippen molar-refractivity contribution in [1.82, 2.24) is 0 Å². The number of carbonyl (C=O) groups is 1. The van der Waals surface area contributed by atoms with Crippen molar-refractivity contribution in [2.45, 2.75) is 26.2 Å². The van der Waals surface area contributed by atoms with Gasteiger partial charge in [-0.1, -0.05) is 13.3 Å². The third-order valence-electron chi connectivity index (χ3n) is 2.09. The molecule has 2 nitrogen and oxygen atoms in total. The topological polar surface area (TPSA) is 26.3 Å². The highest BCUT2D eigenvalue weighted by molar-refractivity contribution is 5.57. The van der Waals surface area contributed by atoms with E-state index in [4.69, 9.17) is 0 Å². The SMILES string of the molecule is CC1(COC(=O)F)CCC1. The first kappa shape index (κ1) is 7.51. The van der Waals surface area contributed by atoms with Gasteiger partial charge in [0.25, 0.3) is 0 Å². The zero-order chi connectivity index (χ0) is 7.61. The molecule has 1 aliphatic carbocycles. The lowest BCUT2D eigenvalue weighted by Gasteiger charge is -2.36. The van der Waals surface area contributed by atoms with E-state index < -0.39 is 6.22 Å². The van der Waals surface area contributed by atoms with Gasteiger partial charge in [0.05, 0.1) is 6.61 Å². The predicted molar refractivity (Wildman–Crippen MR) is 34.4 cm³/mol. The van der Waals surface area contributed by atoms with Crippen LogP contribution in [0.3, 0.4) is 0 Å². The third-order valence-corrected chi connectivity index (χ3v) is 2.09. The second-order valence-corrected chi connectivity index (χ2v) is 3.19. The lowest BCUT2D eigenvalue weighted by atomic mass is 9.71. The summed E-state index contributed by atoms with van der Waals surface area (Å²) in [6, 6.07) is 0. The van der Waals surface area contributed by atoms with Gasteiger partial charge in [0.1, 0.15) is 0 Å². The van der Waals surface area contributed by atoms with E-state index in [-0.39, 0.29) is 12.0 Å². The van der Waals surface area contributed by atoms with Crippen LogP contribution in [0.1, 0.15) is 26.2 Å². The number of hydrogen-bond acceptors (Lipinski definition) is 2. The summed E-state index contributed by atoms with van der Waals surface area (Å²) in [5, 5.41) is 0. The summed E-state index contributed by atoms with van der Waals surface area (Å²) in [6.07, 6.45) is 1.59. The smallest absolute Gasteiger partial charge is 0.440 e. The Morgan fingerprint density at radius 3 is 2.60 bits per heavy atom. The monoisotopic (exact) mass is 146 g/mol. The van der Waals surface area contributed by atoms with Crippen molar-refractivity contribution in [2.75, 3.05) is 6.61 Å². The van der Waals surface area contributed by atoms with Crippen LogP contribution >= 0.6 is 0 Å². The molecule has 0 N–H and O–H groups in total. The normalized spacial score (nSPS) is 21.4. The van der Waals surface area contributed by atoms with Crippen molar-refractivity contribution >= 4 is 6.22 Å². The van der Waals surface area contributed by atoms with Crippen LogP contribution in [0.25, 0.3) is 0 Å². The van der Waals surface area contributed by atoms with Gasteiger partial charge >= 0.3 is 6.22 Å². The zero-order valence-electron chi connectivity index (χ0n) is 6.02. The molecular weight excluding hydrogens is 135 g/mol. The van der Waals surface area contributed by atoms with Crippen LogP contribution in [0.4, 0.5) is 9.18 Å². The van der Waals surface area contributed by atoms with Crippen LogP contribution in [-0.2, 0) is 4.74 Å². The van der Waals surface area contributed by atoms with E-state index in [1.807, 2.05) is 6.92 Å². The quantitative estimate of drug-likeness (QED) is 0.558. The molecule has 0 aromatic heterocycles. The van der Waals surface area contributed by atoms with Gasteiger partial charge < -0.3 is 4.74 Å². The molecule has 0 amide bonds. The summed E-state index contributed by atoms with van der Waals surface area (Å²) in [5.74, 6) is 0. The van der Waals surface area contributed by atoms with Crippen LogP contribution in [0.2, 0.25) is 0 Å². The first-order valence-corrected chi connectivity index (χ1v) is 3.45. The molecule has 0 heterocycles. The van der Waals surface area contributed by atoms with Crippen LogP contribution in [0.15, 0.2) is 0 Å². The van der Waals surface area contributed by atoms with Crippen molar-refractivity contribution in [3.8, 4) is 0 Å². The van der Waals surface area contributed by atoms with Crippen molar-refractivity contribution in [1.29, 1.82) is 0 Å². The van der Waals surface area contributed by atoms with Crippen LogP contribution in [-0.4, -0.2) is 12.8 Å². The molecule has 1 aliphatic rings. The molecule has 0 radical (unpaired) electrons. The van der Waals surface area contributed by atoms with E-state index in [0.29, 0.717) is 0 Å². The number of hydrogen-bond donors (Lipinski definition) is 0. The minimum Gasteiger partial charge on any atom is -0.440 e. The third kappa shape index (κ3) is 1.69. The predicted octanol–water partition coefficient (Wildman–Crippen LogP) is 2.28. The molecule has 10 heavy (non-hydrogen) atoms. The van der Waals surface area contributed by atoms with Gasteiger partial charge in [0.2, 0.25) is 0 Å². The molecule has 0 atom stereocenters. The molecule has 0 saturated heterocycles. The molecule has 58 valence electrons. The maximum absolute atomic E-state index is 11.5. The van der Waals surface area contributed by atoms with Crippen LogP contribution < -0.4 is 0 Å². The average molecular weight is 146 g/mol. The Bertz CT molecular complexity index is 141. The fraction of sp³-hybridized carbons (Fsp3) is 0.857. The number of ether oxygens (including phenoxy) is 1. The summed E-state index contributed by atoms with van der Waals surface area (Å²) >= 11 is 0. The molecule has 0 unspecified atom stereocenters. The van der Waals surface area contributed by atoms with Crippen LogP contribution in [0, 0.1) is 5.41 Å². The second-order valence-electron chi connectivity index (χ2n) is 3.19. The minimum atomic E-state index is -1.66. The lowest BCUT2D eigenvalue weighted by molar-refractivity contribution is 0.0305. The van der Waals surface area contributed by atoms with Crippen molar-refractivity contribution in [3.05, 3.63) is 0 Å². The summed E-state index contributed by atoms with van der Waals surface area (Å²) in [5.41, 5.74) is 0.0712. The summed E-state index contributed by atoms with van der Waals surface area (Å²) in [7, 11) is 0. The first-order valence-electron chi connectivity index (χ1n) is 3.45. The van der Waals surface area contributed by atoms with Crippen molar-refractivity contribution in [3.63, 3.8) is 0 Å². The van der Waals surface area contributed by atoms with Gasteiger partial charge in [-0.2, -0.15) is 0 Å². The number of rotatable bonds is 2. The minimum absolute atomic E-state index is 0.0712. The van der Waals surface area contributed by atoms with E-state index in [1.54, 1.807) is 0 Å². The molecule has 0 aromatic carbocycles. The Morgan fingerprint density at radius 2 is 2.30 bits per heavy atom. The van der Waals surface area contributed by atoms with E-state index in [0.717, 1.165) is 12.8 Å². The lowest BCUT2D eigenvalue weighted by Crippen LogP contribution is -2.31. The second kappa shape index (κ2) is 2.56. The van der Waals surface area contributed by atoms with E-state index >= 15 is 0 Å². The van der Waals surface area contributed by atoms with Gasteiger partial charge in [0, 0.05) is 5.41 Å². The maximum Gasteiger partial charge on any atom is 0.495 e. The first-order chi connectivity index (χ1) is 4.62. The van der Waals surface area contributed by atoms with E-state index in [1.165, 1.54) is 6.42 Å². The van der Waals surface area contributed by atoms with E-state index in [9.17, 15) is 9.18 Å². The largest absolute Gasteiger partial charge is 0.495 e. The highest BCUT2D eigenvalue weighted by Crippen LogP contribution is 2.40. The van der Waals surface area contributed by atoms with Gasteiger partial charge in [-0.05, 0) is 12.8 Å². The van der Waals surface area contributed by atoms with Gasteiger partial charge in [-0.25, -0.2) is 4.79 Å². The van der Waals surface area contributed by atoms with Crippen LogP contribution in [0.5, 0.6) is 0 Å². The molecule has 1 rings (SSSR count). The molecule has 0 spiro atoms. The summed E-state index contributed by atoms with van der Waals surface area (Å²) in [6.45, 7) is 2.24. The Morgan fingerprint density at radius 1 is 1.70 bits per heavy atom. The van der Waals surface area contributed by atoms with E-state index in [2.05, 4.69) is 4.74 Å². The Balaban J connectivity index is 2.18. The molecule has 0 bridgehead atoms. The van der Waals surface area contributed by atoms with Gasteiger partial charge in [-0.3, -0.25) is 0 Å². The average Bonchev–Trinajstić information content (AvgIpc) is 1.79. The highest BCUT2D eigenvalue weighted by atomic mass is 19.1. The fourth-order valence-electron chi connectivity index (χ4n) is 1.16. The molecule has 0 aromatic rings. The Hall–Kier alpha value is -0.600. The summed E-state index contributed by atoms with van der Waals surface area (Å²) in [4.78, 5) is 9.74. The Labute approximate surface area is 59.4 Å². The van der Waals surface area contributed by atoms with Crippen molar-refractivity contribution < 1.29 is 13.9 Å². The zero-order valence-corrected chi connectivity index (χ0v) is 6.02. The molecule has 1 fully saturated rings. The highest BCUT2D eigenvalue weighted by Gasteiger charge is 2.33. The summed E-state index contributed by atoms with van der Waals surface area (Å²) < 4.78 is 15.8. The van der Waals surface area contributed by atoms with Gasteiger partial charge in [0.15, 0.2) is 0 Å². The number of halogens is 1. The Kier molecular flexibility index (Phi) is 1.92. The maximum atomic E-state index is 11.5. The standard InChI is InChI=1S/C7H11FO2/c1-7(3-2-4-7)5-10-6(8)9/h2-5H2,1H3. The van der Waals surface area contributed by atoms with Gasteiger partial charge in [-0.15, -0.1) is 4.39 Å². The number of carbonyl (C=O) groups excluding carboxylic acids is 1. The van der Waals surface area contributed by atoms with Crippen molar-refractivity contribution in [2.24, 2.45) is 5.41 Å².